The smallest absolute Gasteiger partial charge is 0.259 e. The number of aromatic nitrogens is 2. The van der Waals surface area contributed by atoms with Gasteiger partial charge in [-0.05, 0) is 67.5 Å². The summed E-state index contributed by atoms with van der Waals surface area (Å²) in [6, 6.07) is 10.9. The number of likely N-dealkylation sites (tertiary alicyclic amines) is 2. The molecule has 0 radical (unpaired) electrons. The number of fused-ring (bicyclic) bond motifs is 1. The van der Waals surface area contributed by atoms with Crippen molar-refractivity contribution in [3.8, 4) is 28.4 Å². The molecule has 292 valence electrons. The number of nitrogens with zero attached hydrogens (tertiary/aromatic N) is 5. The molecule has 0 aliphatic carbocycles. The summed E-state index contributed by atoms with van der Waals surface area (Å²) in [7, 11) is 8.11. The Labute approximate surface area is 320 Å². The number of benzene rings is 2. The van der Waals surface area contributed by atoms with Gasteiger partial charge in [0.1, 0.15) is 17.2 Å². The summed E-state index contributed by atoms with van der Waals surface area (Å²) in [5, 5.41) is 3.90. The molecule has 4 aromatic rings. The number of ether oxygens (including phenoxy) is 4. The lowest BCUT2D eigenvalue weighted by molar-refractivity contribution is -0.120. The number of methoxy groups -OCH3 is 3. The van der Waals surface area contributed by atoms with Crippen molar-refractivity contribution in [2.24, 2.45) is 7.05 Å². The SMILES string of the molecule is CNC(=O)CCN(C=O)c1cc(C(=O)N2CCC(OC3CCN(Cc4cc(OC)c(-c5cn(C)c(=O)c6cnccc56)cc4OC)CC3)CC2)ccc1OC. The van der Waals surface area contributed by atoms with Gasteiger partial charge in [-0.25, -0.2) is 0 Å². The highest BCUT2D eigenvalue weighted by molar-refractivity contribution is 5.98. The highest BCUT2D eigenvalue weighted by Crippen LogP contribution is 2.39. The van der Waals surface area contributed by atoms with Gasteiger partial charge < -0.3 is 38.6 Å². The van der Waals surface area contributed by atoms with Crippen LogP contribution in [-0.2, 0) is 27.9 Å². The number of carbonyl (C=O) groups excluding carboxylic acids is 3. The van der Waals surface area contributed by atoms with E-state index < -0.39 is 0 Å². The number of piperidine rings is 2. The number of rotatable bonds is 14. The Bertz CT molecular complexity index is 2070. The van der Waals surface area contributed by atoms with Gasteiger partial charge in [0, 0.05) is 101 Å². The van der Waals surface area contributed by atoms with Crippen molar-refractivity contribution in [2.75, 3.05) is 66.0 Å². The molecule has 4 heterocycles. The number of carbonyl (C=O) groups is 3. The second-order valence-electron chi connectivity index (χ2n) is 14.0. The lowest BCUT2D eigenvalue weighted by atomic mass is 9.98. The molecular formula is C41H50N6O8. The van der Waals surface area contributed by atoms with Crippen LogP contribution >= 0.6 is 0 Å². The fourth-order valence-corrected chi connectivity index (χ4v) is 7.54. The number of aryl methyl sites for hydroxylation is 1. The van der Waals surface area contributed by atoms with Gasteiger partial charge in [0.2, 0.25) is 12.3 Å². The van der Waals surface area contributed by atoms with E-state index in [-0.39, 0.29) is 42.5 Å². The molecule has 14 heteroatoms. The van der Waals surface area contributed by atoms with Crippen molar-refractivity contribution in [1.82, 2.24) is 24.7 Å². The molecule has 0 spiro atoms. The van der Waals surface area contributed by atoms with Crippen LogP contribution in [0.1, 0.15) is 48.0 Å². The molecule has 2 fully saturated rings. The minimum Gasteiger partial charge on any atom is -0.496 e. The van der Waals surface area contributed by atoms with Crippen LogP contribution in [0.15, 0.2) is 59.8 Å². The first-order valence-electron chi connectivity index (χ1n) is 18.6. The molecule has 2 aliphatic rings. The molecule has 2 aromatic heterocycles. The van der Waals surface area contributed by atoms with Crippen LogP contribution in [0.4, 0.5) is 5.69 Å². The van der Waals surface area contributed by atoms with E-state index in [1.807, 2.05) is 29.3 Å². The third kappa shape index (κ3) is 8.76. The van der Waals surface area contributed by atoms with Crippen LogP contribution in [-0.4, -0.2) is 111 Å². The number of amides is 3. The van der Waals surface area contributed by atoms with E-state index in [1.54, 1.807) is 63.5 Å². The lowest BCUT2D eigenvalue weighted by Crippen LogP contribution is -2.43. The topological polar surface area (TPSA) is 145 Å². The third-order valence-corrected chi connectivity index (χ3v) is 10.6. The first kappa shape index (κ1) is 39.2. The molecule has 0 atom stereocenters. The number of hydrogen-bond donors (Lipinski definition) is 1. The molecule has 2 saturated heterocycles. The van der Waals surface area contributed by atoms with Gasteiger partial charge in [-0.2, -0.15) is 0 Å². The van der Waals surface area contributed by atoms with Gasteiger partial charge in [-0.15, -0.1) is 0 Å². The molecule has 3 amide bonds. The van der Waals surface area contributed by atoms with E-state index in [1.165, 1.54) is 12.0 Å². The van der Waals surface area contributed by atoms with E-state index in [0.29, 0.717) is 54.2 Å². The fourth-order valence-electron chi connectivity index (χ4n) is 7.54. The maximum absolute atomic E-state index is 13.5. The first-order valence-corrected chi connectivity index (χ1v) is 18.6. The number of anilines is 1. The first-order chi connectivity index (χ1) is 26.7. The zero-order valence-corrected chi connectivity index (χ0v) is 32.2. The maximum Gasteiger partial charge on any atom is 0.259 e. The molecule has 0 bridgehead atoms. The van der Waals surface area contributed by atoms with E-state index in [4.69, 9.17) is 18.9 Å². The number of nitrogens with one attached hydrogen (secondary N) is 1. The quantitative estimate of drug-likeness (QED) is 0.188. The summed E-state index contributed by atoms with van der Waals surface area (Å²) >= 11 is 0. The Morgan fingerprint density at radius 1 is 0.891 bits per heavy atom. The second kappa shape index (κ2) is 17.8. The highest BCUT2D eigenvalue weighted by atomic mass is 16.5. The maximum atomic E-state index is 13.5. The summed E-state index contributed by atoms with van der Waals surface area (Å²) in [5.74, 6) is 1.59. The van der Waals surface area contributed by atoms with E-state index in [2.05, 4.69) is 15.2 Å². The fraction of sp³-hybridized carbons (Fsp3) is 0.439. The van der Waals surface area contributed by atoms with Gasteiger partial charge in [0.05, 0.1) is 44.6 Å². The van der Waals surface area contributed by atoms with Crippen molar-refractivity contribution in [3.63, 3.8) is 0 Å². The molecule has 2 aliphatic heterocycles. The molecule has 0 saturated carbocycles. The predicted octanol–water partition coefficient (Wildman–Crippen LogP) is 4.01. The standard InChI is InChI=1S/C41H50N6O8/c1-42-39(49)13-19-47(26-48)35-20-27(6-7-36(35)52-3)40(50)46-17-11-30(12-18-46)55-29-9-15-45(16-10-29)24-28-21-38(54-5)32(22-37(28)53-4)34-25-44(2)41(51)33-23-43-14-8-31(33)34/h6-8,14,20-23,25-26,29-30H,9-13,15-19,24H2,1-5H3,(H,42,49). The zero-order chi connectivity index (χ0) is 39.1. The zero-order valence-electron chi connectivity index (χ0n) is 32.2. The summed E-state index contributed by atoms with van der Waals surface area (Å²) in [5.41, 5.74) is 3.50. The van der Waals surface area contributed by atoms with Crippen molar-refractivity contribution < 1.29 is 33.3 Å². The minimum atomic E-state index is -0.190. The van der Waals surface area contributed by atoms with E-state index >= 15 is 0 Å². The third-order valence-electron chi connectivity index (χ3n) is 10.6. The number of pyridine rings is 2. The second-order valence-corrected chi connectivity index (χ2v) is 14.0. The van der Waals surface area contributed by atoms with Crippen molar-refractivity contribution in [2.45, 2.75) is 50.9 Å². The Balaban J connectivity index is 1.03. The van der Waals surface area contributed by atoms with Crippen LogP contribution in [0.5, 0.6) is 17.2 Å². The molecule has 2 aromatic carbocycles. The average Bonchev–Trinajstić information content (AvgIpc) is 3.22. The monoisotopic (exact) mass is 754 g/mol. The molecular weight excluding hydrogens is 704 g/mol. The van der Waals surface area contributed by atoms with Gasteiger partial charge in [-0.3, -0.25) is 29.1 Å². The molecule has 55 heavy (non-hydrogen) atoms. The average molecular weight is 755 g/mol. The molecule has 1 N–H and O–H groups in total. The van der Waals surface area contributed by atoms with Crippen molar-refractivity contribution in [1.29, 1.82) is 0 Å². The van der Waals surface area contributed by atoms with Crippen LogP contribution in [0.3, 0.4) is 0 Å². The Hall–Kier alpha value is -5.47. The minimum absolute atomic E-state index is 0.0727. The van der Waals surface area contributed by atoms with Crippen LogP contribution in [0, 0.1) is 0 Å². The molecule has 0 unspecified atom stereocenters. The van der Waals surface area contributed by atoms with Crippen LogP contribution in [0.25, 0.3) is 21.9 Å². The Morgan fingerprint density at radius 3 is 2.24 bits per heavy atom. The lowest BCUT2D eigenvalue weighted by Gasteiger charge is -2.37. The van der Waals surface area contributed by atoms with Crippen molar-refractivity contribution >= 4 is 34.7 Å². The van der Waals surface area contributed by atoms with Crippen molar-refractivity contribution in [3.05, 3.63) is 76.5 Å². The van der Waals surface area contributed by atoms with Gasteiger partial charge in [-0.1, -0.05) is 0 Å². The predicted molar refractivity (Wildman–Crippen MR) is 209 cm³/mol. The molecule has 14 nitrogen and oxygen atoms in total. The summed E-state index contributed by atoms with van der Waals surface area (Å²) in [6.07, 6.45) is 9.38. The van der Waals surface area contributed by atoms with Crippen LogP contribution in [0.2, 0.25) is 0 Å². The highest BCUT2D eigenvalue weighted by Gasteiger charge is 2.29. The van der Waals surface area contributed by atoms with Crippen LogP contribution < -0.4 is 30.0 Å². The van der Waals surface area contributed by atoms with Gasteiger partial charge in [0.25, 0.3) is 11.5 Å². The largest absolute Gasteiger partial charge is 0.496 e. The van der Waals surface area contributed by atoms with Gasteiger partial charge in [0.15, 0.2) is 0 Å². The summed E-state index contributed by atoms with van der Waals surface area (Å²) < 4.78 is 25.4. The normalized spacial score (nSPS) is 15.5. The van der Waals surface area contributed by atoms with E-state index in [0.717, 1.165) is 66.6 Å². The van der Waals surface area contributed by atoms with Gasteiger partial charge >= 0.3 is 0 Å². The summed E-state index contributed by atoms with van der Waals surface area (Å²) in [4.78, 5) is 59.8. The van der Waals surface area contributed by atoms with E-state index in [9.17, 15) is 19.2 Å². The number of hydrogen-bond acceptors (Lipinski definition) is 10. The Kier molecular flexibility index (Phi) is 12.7. The Morgan fingerprint density at radius 2 is 1.58 bits per heavy atom. The molecule has 6 rings (SSSR count). The summed E-state index contributed by atoms with van der Waals surface area (Å²) in [6.45, 7) is 3.73.